The van der Waals surface area contributed by atoms with Crippen LogP contribution in [0.2, 0.25) is 0 Å². The molecule has 4 nitrogen and oxygen atoms in total. The zero-order valence-corrected chi connectivity index (χ0v) is 20.9. The van der Waals surface area contributed by atoms with Crippen molar-refractivity contribution in [1.82, 2.24) is 9.78 Å². The van der Waals surface area contributed by atoms with Gasteiger partial charge in [0.25, 0.3) is 0 Å². The van der Waals surface area contributed by atoms with Crippen molar-refractivity contribution in [2.45, 2.75) is 37.9 Å². The number of hydrogen-bond donors (Lipinski definition) is 0. The minimum Gasteiger partial charge on any atom is -0.259 e. The predicted molar refractivity (Wildman–Crippen MR) is 133 cm³/mol. The highest BCUT2D eigenvalue weighted by Gasteiger charge is 2.40. The molecule has 1 aromatic heterocycles. The van der Waals surface area contributed by atoms with E-state index < -0.39 is 27.5 Å². The lowest BCUT2D eigenvalue weighted by Gasteiger charge is -2.13. The SMILES string of the molecule is CC.CS(=O)(=O)c1ccc(-c2nn(CCc3ccccc3)c(C(F)(F)F)c2-c2ccc(F)cc2)cc1. The Morgan fingerprint density at radius 2 is 1.39 bits per heavy atom. The Bertz CT molecular complexity index is 1400. The Hall–Kier alpha value is -3.46. The van der Waals surface area contributed by atoms with Gasteiger partial charge in [-0.1, -0.05) is 68.4 Å². The molecule has 4 rings (SSSR count). The number of alkyl halides is 3. The van der Waals surface area contributed by atoms with Gasteiger partial charge >= 0.3 is 6.18 Å². The molecule has 0 radical (unpaired) electrons. The summed E-state index contributed by atoms with van der Waals surface area (Å²) in [5, 5.41) is 4.31. The Morgan fingerprint density at radius 3 is 1.92 bits per heavy atom. The first-order valence-electron chi connectivity index (χ1n) is 11.3. The third-order valence-corrected chi connectivity index (χ3v) is 6.49. The fraction of sp³-hybridized carbons (Fsp3) is 0.222. The lowest BCUT2D eigenvalue weighted by atomic mass is 9.98. The van der Waals surface area contributed by atoms with Gasteiger partial charge in [-0.2, -0.15) is 18.3 Å². The second-order valence-corrected chi connectivity index (χ2v) is 9.85. The van der Waals surface area contributed by atoms with Gasteiger partial charge in [-0.15, -0.1) is 0 Å². The molecule has 3 aromatic carbocycles. The zero-order valence-electron chi connectivity index (χ0n) is 20.1. The van der Waals surface area contributed by atoms with Crippen molar-refractivity contribution in [3.05, 3.63) is 95.9 Å². The van der Waals surface area contributed by atoms with E-state index in [1.54, 1.807) is 0 Å². The summed E-state index contributed by atoms with van der Waals surface area (Å²) in [4.78, 5) is 0.0409. The zero-order chi connectivity index (χ0) is 26.5. The number of aryl methyl sites for hydroxylation is 2. The van der Waals surface area contributed by atoms with Gasteiger partial charge in [0.2, 0.25) is 0 Å². The molecular weight excluding hydrogens is 492 g/mol. The van der Waals surface area contributed by atoms with Crippen molar-refractivity contribution in [3.63, 3.8) is 0 Å². The number of aromatic nitrogens is 2. The summed E-state index contributed by atoms with van der Waals surface area (Å²) < 4.78 is 81.1. The minimum atomic E-state index is -4.74. The van der Waals surface area contributed by atoms with E-state index in [4.69, 9.17) is 0 Å². The summed E-state index contributed by atoms with van der Waals surface area (Å²) in [5.74, 6) is -0.576. The molecule has 0 aliphatic heterocycles. The van der Waals surface area contributed by atoms with Gasteiger partial charge in [0, 0.05) is 23.9 Å². The minimum absolute atomic E-state index is 0.0333. The Labute approximate surface area is 208 Å². The second kappa shape index (κ2) is 11.1. The molecule has 0 bridgehead atoms. The van der Waals surface area contributed by atoms with Crippen LogP contribution >= 0.6 is 0 Å². The first-order valence-corrected chi connectivity index (χ1v) is 13.2. The molecule has 190 valence electrons. The van der Waals surface area contributed by atoms with Crippen molar-refractivity contribution < 1.29 is 26.0 Å². The Kier molecular flexibility index (Phi) is 8.35. The molecule has 1 heterocycles. The van der Waals surface area contributed by atoms with Gasteiger partial charge < -0.3 is 0 Å². The molecule has 0 amide bonds. The fourth-order valence-electron chi connectivity index (χ4n) is 3.74. The van der Waals surface area contributed by atoms with E-state index in [9.17, 15) is 26.0 Å². The fourth-order valence-corrected chi connectivity index (χ4v) is 4.37. The summed E-state index contributed by atoms with van der Waals surface area (Å²) >= 11 is 0. The van der Waals surface area contributed by atoms with Crippen molar-refractivity contribution in [2.24, 2.45) is 0 Å². The number of hydrogen-bond acceptors (Lipinski definition) is 3. The molecule has 4 aromatic rings. The molecule has 36 heavy (non-hydrogen) atoms. The van der Waals surface area contributed by atoms with Gasteiger partial charge in [0.15, 0.2) is 15.5 Å². The smallest absolute Gasteiger partial charge is 0.259 e. The third-order valence-electron chi connectivity index (χ3n) is 5.36. The highest BCUT2D eigenvalue weighted by molar-refractivity contribution is 7.90. The van der Waals surface area contributed by atoms with E-state index in [-0.39, 0.29) is 28.3 Å². The quantitative estimate of drug-likeness (QED) is 0.257. The molecule has 9 heteroatoms. The molecule has 0 atom stereocenters. The number of benzene rings is 3. The van der Waals surface area contributed by atoms with Crippen molar-refractivity contribution in [1.29, 1.82) is 0 Å². The van der Waals surface area contributed by atoms with Crippen LogP contribution in [0.4, 0.5) is 17.6 Å². The summed E-state index contributed by atoms with van der Waals surface area (Å²) in [6, 6.07) is 19.3. The van der Waals surface area contributed by atoms with Crippen molar-refractivity contribution in [3.8, 4) is 22.4 Å². The first kappa shape index (κ1) is 27.1. The normalized spacial score (nSPS) is 11.6. The molecule has 0 fully saturated rings. The Balaban J connectivity index is 0.00000176. The lowest BCUT2D eigenvalue weighted by molar-refractivity contribution is -0.143. The number of rotatable bonds is 6. The third kappa shape index (κ3) is 6.20. The van der Waals surface area contributed by atoms with Crippen LogP contribution in [0.3, 0.4) is 0 Å². The molecule has 0 unspecified atom stereocenters. The van der Waals surface area contributed by atoms with Gasteiger partial charge in [-0.25, -0.2) is 12.8 Å². The topological polar surface area (TPSA) is 52.0 Å². The van der Waals surface area contributed by atoms with Crippen molar-refractivity contribution >= 4 is 9.84 Å². The van der Waals surface area contributed by atoms with Crippen LogP contribution < -0.4 is 0 Å². The number of nitrogens with zero attached hydrogens (tertiary/aromatic N) is 2. The summed E-state index contributed by atoms with van der Waals surface area (Å²) in [7, 11) is -3.48. The average Bonchev–Trinajstić information content (AvgIpc) is 3.25. The molecule has 0 aliphatic carbocycles. The Morgan fingerprint density at radius 1 is 0.833 bits per heavy atom. The van der Waals surface area contributed by atoms with Gasteiger partial charge in [0.1, 0.15) is 11.5 Å². The van der Waals surface area contributed by atoms with Crippen LogP contribution in [-0.4, -0.2) is 24.5 Å². The van der Waals surface area contributed by atoms with E-state index in [0.29, 0.717) is 12.0 Å². The molecule has 0 aliphatic rings. The summed E-state index contributed by atoms with van der Waals surface area (Å²) in [6.45, 7) is 3.97. The molecule has 0 N–H and O–H groups in total. The van der Waals surface area contributed by atoms with Crippen LogP contribution in [0.15, 0.2) is 83.8 Å². The molecule has 0 saturated heterocycles. The predicted octanol–water partition coefficient (Wildman–Crippen LogP) is 7.05. The number of halogens is 4. The maximum absolute atomic E-state index is 14.3. The first-order chi connectivity index (χ1) is 17.0. The average molecular weight is 519 g/mol. The van der Waals surface area contributed by atoms with E-state index in [1.807, 2.05) is 44.2 Å². The van der Waals surface area contributed by atoms with E-state index >= 15 is 0 Å². The van der Waals surface area contributed by atoms with E-state index in [0.717, 1.165) is 28.6 Å². The molecule has 0 spiro atoms. The lowest BCUT2D eigenvalue weighted by Crippen LogP contribution is -2.16. The van der Waals surface area contributed by atoms with Crippen LogP contribution in [-0.2, 0) is 29.0 Å². The molecular formula is C27H26F4N2O2S. The standard InChI is InChI=1S/C25H20F4N2O2S.C2H6/c1-34(32,33)21-13-9-19(10-14-21)23-22(18-7-11-20(26)12-8-18)24(25(27,28)29)31(30-23)16-15-17-5-3-2-4-6-17;1-2/h2-14H,15-16H2,1H3;1-2H3. The molecule has 0 saturated carbocycles. The highest BCUT2D eigenvalue weighted by Crippen LogP contribution is 2.43. The maximum atomic E-state index is 14.3. The van der Waals surface area contributed by atoms with Crippen LogP contribution in [0.5, 0.6) is 0 Å². The second-order valence-electron chi connectivity index (χ2n) is 7.83. The van der Waals surface area contributed by atoms with E-state index in [1.165, 1.54) is 36.4 Å². The number of sulfone groups is 1. The van der Waals surface area contributed by atoms with Crippen molar-refractivity contribution in [2.75, 3.05) is 6.26 Å². The summed E-state index contributed by atoms with van der Waals surface area (Å²) in [5.41, 5.74) is 0.225. The van der Waals surface area contributed by atoms with Gasteiger partial charge in [-0.05, 0) is 41.8 Å². The largest absolute Gasteiger partial charge is 0.433 e. The highest BCUT2D eigenvalue weighted by atomic mass is 32.2. The van der Waals surface area contributed by atoms with Gasteiger partial charge in [0.05, 0.1) is 4.90 Å². The van der Waals surface area contributed by atoms with Crippen LogP contribution in [0, 0.1) is 5.82 Å². The maximum Gasteiger partial charge on any atom is 0.433 e. The monoisotopic (exact) mass is 518 g/mol. The van der Waals surface area contributed by atoms with E-state index in [2.05, 4.69) is 5.10 Å². The summed E-state index contributed by atoms with van der Waals surface area (Å²) in [6.07, 6.45) is -3.37. The van der Waals surface area contributed by atoms with Gasteiger partial charge in [-0.3, -0.25) is 4.68 Å². The van der Waals surface area contributed by atoms with Crippen LogP contribution in [0.25, 0.3) is 22.4 Å². The van der Waals surface area contributed by atoms with Crippen LogP contribution in [0.1, 0.15) is 25.1 Å².